The third-order valence-corrected chi connectivity index (χ3v) is 12.4. The van der Waals surface area contributed by atoms with Crippen molar-refractivity contribution in [3.05, 3.63) is 193 Å². The molecule has 9 aromatic carbocycles. The molecule has 0 N–H and O–H groups in total. The van der Waals surface area contributed by atoms with Gasteiger partial charge in [0.15, 0.2) is 0 Å². The second-order valence-electron chi connectivity index (χ2n) is 15.7. The predicted molar refractivity (Wildman–Crippen MR) is 233 cm³/mol. The molecule has 1 aliphatic carbocycles. The van der Waals surface area contributed by atoms with Crippen LogP contribution in [-0.2, 0) is 5.41 Å². The Hall–Kier alpha value is -6.90. The van der Waals surface area contributed by atoms with Gasteiger partial charge in [-0.05, 0) is 116 Å². The summed E-state index contributed by atoms with van der Waals surface area (Å²) < 4.78 is 4.93. The molecule has 0 radical (unpaired) electrons. The van der Waals surface area contributed by atoms with Crippen molar-refractivity contribution >= 4 is 65.2 Å². The van der Waals surface area contributed by atoms with Gasteiger partial charge in [0.05, 0.1) is 22.1 Å². The van der Waals surface area contributed by atoms with Crippen molar-refractivity contribution in [2.24, 2.45) is 0 Å². The molecule has 0 atom stereocenters. The quantitative estimate of drug-likeness (QED) is 0.174. The molecule has 0 spiro atoms. The van der Waals surface area contributed by atoms with Crippen molar-refractivity contribution in [3.8, 4) is 33.6 Å². The maximum absolute atomic E-state index is 2.52. The van der Waals surface area contributed by atoms with Gasteiger partial charge < -0.3 is 9.13 Å². The standard InChI is InChI=1S/C53H36N2/c1-53(2)46-30-34-16-4-3-15-33(34)29-45(46)52-43-22-6-5-17-38(43)44(32-47(52)53)35-27-36(54-48-23-11-7-18-39(48)40-19-8-12-24-49(40)54)31-37(28-35)55-50-25-13-9-20-41(50)42-21-10-14-26-51(42)55/h3-32H,1-2H3. The molecule has 0 saturated carbocycles. The number of rotatable bonds is 3. The van der Waals surface area contributed by atoms with Crippen LogP contribution in [0.5, 0.6) is 0 Å². The van der Waals surface area contributed by atoms with Crippen molar-refractivity contribution in [1.82, 2.24) is 9.13 Å². The van der Waals surface area contributed by atoms with Gasteiger partial charge in [-0.15, -0.1) is 0 Å². The van der Waals surface area contributed by atoms with Crippen LogP contribution in [-0.4, -0.2) is 9.13 Å². The lowest BCUT2D eigenvalue weighted by Gasteiger charge is -2.23. The van der Waals surface area contributed by atoms with Crippen LogP contribution in [0.1, 0.15) is 25.0 Å². The van der Waals surface area contributed by atoms with E-state index in [1.165, 1.54) is 98.5 Å². The number of para-hydroxylation sites is 4. The first-order valence-corrected chi connectivity index (χ1v) is 19.3. The van der Waals surface area contributed by atoms with E-state index in [0.717, 1.165) is 11.4 Å². The maximum atomic E-state index is 2.52. The van der Waals surface area contributed by atoms with Gasteiger partial charge in [-0.1, -0.05) is 135 Å². The molecule has 55 heavy (non-hydrogen) atoms. The summed E-state index contributed by atoms with van der Waals surface area (Å²) in [7, 11) is 0. The number of fused-ring (bicyclic) bond motifs is 12. The van der Waals surface area contributed by atoms with Gasteiger partial charge in [-0.2, -0.15) is 0 Å². The summed E-state index contributed by atoms with van der Waals surface area (Å²) in [6.07, 6.45) is 0. The van der Waals surface area contributed by atoms with Gasteiger partial charge in [0.2, 0.25) is 0 Å². The molecular weight excluding hydrogens is 665 g/mol. The van der Waals surface area contributed by atoms with E-state index >= 15 is 0 Å². The molecular formula is C53H36N2. The average molecular weight is 701 g/mol. The number of hydrogen-bond donors (Lipinski definition) is 0. The second-order valence-corrected chi connectivity index (χ2v) is 15.7. The number of hydrogen-bond acceptors (Lipinski definition) is 0. The third kappa shape index (κ3) is 4.20. The van der Waals surface area contributed by atoms with Crippen molar-refractivity contribution in [2.45, 2.75) is 19.3 Å². The molecule has 0 bridgehead atoms. The topological polar surface area (TPSA) is 9.86 Å². The van der Waals surface area contributed by atoms with Gasteiger partial charge in [0.1, 0.15) is 0 Å². The highest BCUT2D eigenvalue weighted by Crippen LogP contribution is 2.54. The predicted octanol–water partition coefficient (Wildman–Crippen LogP) is 14.2. The van der Waals surface area contributed by atoms with Crippen molar-refractivity contribution in [2.75, 3.05) is 0 Å². The Bertz CT molecular complexity index is 3170. The van der Waals surface area contributed by atoms with E-state index < -0.39 is 0 Å². The lowest BCUT2D eigenvalue weighted by molar-refractivity contribution is 0.662. The summed E-state index contributed by atoms with van der Waals surface area (Å²) in [5.74, 6) is 0. The van der Waals surface area contributed by atoms with Crippen LogP contribution in [0.3, 0.4) is 0 Å². The van der Waals surface area contributed by atoms with Crippen molar-refractivity contribution in [3.63, 3.8) is 0 Å². The fourth-order valence-electron chi connectivity index (χ4n) is 9.92. The maximum Gasteiger partial charge on any atom is 0.0541 e. The number of nitrogens with zero attached hydrogens (tertiary/aromatic N) is 2. The normalized spacial score (nSPS) is 13.4. The lowest BCUT2D eigenvalue weighted by atomic mass is 9.80. The Morgan fingerprint density at radius 1 is 0.345 bits per heavy atom. The molecule has 0 saturated heterocycles. The van der Waals surface area contributed by atoms with Crippen LogP contribution < -0.4 is 0 Å². The van der Waals surface area contributed by atoms with Crippen LogP contribution in [0, 0.1) is 0 Å². The number of aromatic nitrogens is 2. The monoisotopic (exact) mass is 700 g/mol. The summed E-state index contributed by atoms with van der Waals surface area (Å²) in [5.41, 5.74) is 14.9. The Morgan fingerprint density at radius 3 is 1.27 bits per heavy atom. The molecule has 1 aliphatic rings. The molecule has 258 valence electrons. The molecule has 0 unspecified atom stereocenters. The average Bonchev–Trinajstić information content (AvgIpc) is 3.83. The van der Waals surface area contributed by atoms with Crippen LogP contribution in [0.25, 0.3) is 98.8 Å². The minimum atomic E-state index is -0.173. The molecule has 0 aliphatic heterocycles. The summed E-state index contributed by atoms with van der Waals surface area (Å²) in [6.45, 7) is 4.81. The highest BCUT2D eigenvalue weighted by Gasteiger charge is 2.37. The van der Waals surface area contributed by atoms with E-state index in [4.69, 9.17) is 0 Å². The van der Waals surface area contributed by atoms with E-state index in [-0.39, 0.29) is 5.41 Å². The fourth-order valence-corrected chi connectivity index (χ4v) is 9.92. The van der Waals surface area contributed by atoms with E-state index in [0.29, 0.717) is 0 Å². The van der Waals surface area contributed by atoms with Gasteiger partial charge in [-0.3, -0.25) is 0 Å². The summed E-state index contributed by atoms with van der Waals surface area (Å²) in [6, 6.07) is 67.8. The summed E-state index contributed by atoms with van der Waals surface area (Å²) >= 11 is 0. The summed E-state index contributed by atoms with van der Waals surface area (Å²) in [4.78, 5) is 0. The van der Waals surface area contributed by atoms with Gasteiger partial charge in [-0.25, -0.2) is 0 Å². The van der Waals surface area contributed by atoms with Crippen LogP contribution >= 0.6 is 0 Å². The fraction of sp³-hybridized carbons (Fsp3) is 0.0566. The van der Waals surface area contributed by atoms with E-state index in [9.17, 15) is 0 Å². The highest BCUT2D eigenvalue weighted by molar-refractivity contribution is 6.13. The van der Waals surface area contributed by atoms with E-state index in [1.54, 1.807) is 0 Å². The minimum Gasteiger partial charge on any atom is -0.309 e. The van der Waals surface area contributed by atoms with Gasteiger partial charge in [0.25, 0.3) is 0 Å². The lowest BCUT2D eigenvalue weighted by Crippen LogP contribution is -2.15. The first kappa shape index (κ1) is 30.6. The van der Waals surface area contributed by atoms with Gasteiger partial charge in [0, 0.05) is 38.3 Å². The molecule has 2 heterocycles. The molecule has 2 heteroatoms. The second kappa shape index (κ2) is 11.1. The first-order chi connectivity index (χ1) is 27.0. The van der Waals surface area contributed by atoms with Crippen LogP contribution in [0.2, 0.25) is 0 Å². The van der Waals surface area contributed by atoms with Gasteiger partial charge >= 0.3 is 0 Å². The Morgan fingerprint density at radius 2 is 0.764 bits per heavy atom. The Balaban J connectivity index is 1.21. The van der Waals surface area contributed by atoms with E-state index in [1.807, 2.05) is 0 Å². The highest BCUT2D eigenvalue weighted by atomic mass is 15.0. The van der Waals surface area contributed by atoms with Crippen molar-refractivity contribution < 1.29 is 0 Å². The van der Waals surface area contributed by atoms with E-state index in [2.05, 4.69) is 205 Å². The first-order valence-electron chi connectivity index (χ1n) is 19.3. The largest absolute Gasteiger partial charge is 0.309 e. The Labute approximate surface area is 319 Å². The molecule has 2 nitrogen and oxygen atoms in total. The minimum absolute atomic E-state index is 0.173. The Kier molecular flexibility index (Phi) is 6.15. The summed E-state index contributed by atoms with van der Waals surface area (Å²) in [5, 5.41) is 10.2. The number of benzene rings is 9. The van der Waals surface area contributed by atoms with Crippen LogP contribution in [0.15, 0.2) is 182 Å². The smallest absolute Gasteiger partial charge is 0.0541 e. The zero-order valence-electron chi connectivity index (χ0n) is 30.7. The third-order valence-electron chi connectivity index (χ3n) is 12.4. The molecule has 11 aromatic rings. The molecule has 0 amide bonds. The SMILES string of the molecule is CC1(C)c2cc3ccccc3cc2-c2c1cc(-c1cc(-n3c4ccccc4c4ccccc43)cc(-n3c4ccccc4c4ccccc43)c1)c1ccccc21. The molecule has 12 rings (SSSR count). The van der Waals surface area contributed by atoms with Crippen molar-refractivity contribution in [1.29, 1.82) is 0 Å². The molecule has 0 fully saturated rings. The zero-order valence-corrected chi connectivity index (χ0v) is 30.7. The molecule has 2 aromatic heterocycles. The van der Waals surface area contributed by atoms with Crippen LogP contribution in [0.4, 0.5) is 0 Å². The zero-order chi connectivity index (χ0) is 36.4.